The van der Waals surface area contributed by atoms with Gasteiger partial charge in [-0.25, -0.2) is 0 Å². The smallest absolute Gasteiger partial charge is 0.251 e. The second-order valence-electron chi connectivity index (χ2n) is 10.9. The molecule has 1 saturated carbocycles. The third kappa shape index (κ3) is 2.70. The zero-order valence-electron chi connectivity index (χ0n) is 19.4. The van der Waals surface area contributed by atoms with E-state index >= 15 is 0 Å². The van der Waals surface area contributed by atoms with Gasteiger partial charge in [0.25, 0.3) is 5.91 Å². The van der Waals surface area contributed by atoms with Gasteiger partial charge in [0.1, 0.15) is 0 Å². The number of nitrogens with zero attached hydrogens (tertiary/aromatic N) is 2. The van der Waals surface area contributed by atoms with Crippen LogP contribution in [0.25, 0.3) is 0 Å². The Kier molecular flexibility index (Phi) is 4.38. The molecule has 1 amide bonds. The molecule has 5 atom stereocenters. The van der Waals surface area contributed by atoms with Crippen molar-refractivity contribution in [3.8, 4) is 0 Å². The topological polar surface area (TPSA) is 54.5 Å². The normalized spacial score (nSPS) is 39.4. The third-order valence-electron chi connectivity index (χ3n) is 9.14. The molecule has 1 N–H and O–H groups in total. The van der Waals surface area contributed by atoms with Crippen molar-refractivity contribution in [2.24, 2.45) is 11.3 Å². The molecular formula is C27H33N3O2. The van der Waals surface area contributed by atoms with Crippen molar-refractivity contribution in [3.05, 3.63) is 59.5 Å². The molecule has 3 aliphatic carbocycles. The number of anilines is 1. The van der Waals surface area contributed by atoms with Crippen molar-refractivity contribution in [2.45, 2.75) is 69.1 Å². The fourth-order valence-electron chi connectivity index (χ4n) is 7.39. The minimum atomic E-state index is -0.252. The van der Waals surface area contributed by atoms with Crippen LogP contribution >= 0.6 is 0 Å². The molecule has 0 aromatic carbocycles. The Bertz CT molecular complexity index is 1060. The number of hydrogen-bond donors (Lipinski definition) is 1. The van der Waals surface area contributed by atoms with E-state index in [9.17, 15) is 4.79 Å². The first-order chi connectivity index (χ1) is 15.4. The minimum Gasteiger partial charge on any atom is -0.359 e. The van der Waals surface area contributed by atoms with Crippen LogP contribution in [0.2, 0.25) is 0 Å². The summed E-state index contributed by atoms with van der Waals surface area (Å²) in [6.07, 6.45) is 17.9. The first-order valence-corrected chi connectivity index (χ1v) is 12.1. The number of amides is 1. The summed E-state index contributed by atoms with van der Waals surface area (Å²) in [5, 5.41) is 3.07. The van der Waals surface area contributed by atoms with Gasteiger partial charge in [0.15, 0.2) is 0 Å². The van der Waals surface area contributed by atoms with Gasteiger partial charge in [0, 0.05) is 29.1 Å². The summed E-state index contributed by atoms with van der Waals surface area (Å²) in [6, 6.07) is 4.31. The Morgan fingerprint density at radius 1 is 1.28 bits per heavy atom. The monoisotopic (exact) mass is 431 g/mol. The van der Waals surface area contributed by atoms with Gasteiger partial charge >= 0.3 is 0 Å². The molecule has 2 spiro atoms. The number of nitrogens with one attached hydrogen (secondary N) is 1. The number of rotatable bonds is 3. The maximum atomic E-state index is 13.3. The third-order valence-corrected chi connectivity index (χ3v) is 9.14. The van der Waals surface area contributed by atoms with E-state index in [1.807, 2.05) is 12.1 Å². The number of carbonyl (C=O) groups excluding carboxylic acids is 1. The quantitative estimate of drug-likeness (QED) is 0.757. The lowest BCUT2D eigenvalue weighted by molar-refractivity contribution is -0.137. The summed E-state index contributed by atoms with van der Waals surface area (Å²) < 4.78 is 7.25. The van der Waals surface area contributed by atoms with Crippen LogP contribution in [0, 0.1) is 11.3 Å². The van der Waals surface area contributed by atoms with E-state index in [4.69, 9.17) is 4.74 Å². The summed E-state index contributed by atoms with van der Waals surface area (Å²) in [6.45, 7) is 2.28. The van der Waals surface area contributed by atoms with E-state index in [0.29, 0.717) is 12.0 Å². The number of ether oxygens (including phenoxy) is 1. The lowest BCUT2D eigenvalue weighted by Crippen LogP contribution is -2.55. The van der Waals surface area contributed by atoms with Crippen LogP contribution in [0.1, 0.15) is 51.9 Å². The molecule has 2 aliphatic heterocycles. The molecule has 5 aliphatic rings. The molecule has 1 saturated heterocycles. The van der Waals surface area contributed by atoms with Crippen molar-refractivity contribution in [1.82, 2.24) is 9.88 Å². The highest BCUT2D eigenvalue weighted by atomic mass is 16.5. The van der Waals surface area contributed by atoms with E-state index in [2.05, 4.69) is 54.4 Å². The minimum absolute atomic E-state index is 0.00124. The number of allylic oxidation sites excluding steroid dienone is 2. The molecule has 3 heterocycles. The van der Waals surface area contributed by atoms with Crippen LogP contribution in [0.5, 0.6) is 0 Å². The van der Waals surface area contributed by atoms with Crippen molar-refractivity contribution in [1.29, 1.82) is 0 Å². The summed E-state index contributed by atoms with van der Waals surface area (Å²) in [5.74, 6) is 0.308. The highest BCUT2D eigenvalue weighted by molar-refractivity contribution is 6.05. The predicted molar refractivity (Wildman–Crippen MR) is 125 cm³/mol. The molecule has 5 heteroatoms. The van der Waals surface area contributed by atoms with Crippen LogP contribution in [0.4, 0.5) is 5.69 Å². The van der Waals surface area contributed by atoms with Crippen LogP contribution in [0.3, 0.4) is 0 Å². The van der Waals surface area contributed by atoms with Crippen LogP contribution in [-0.4, -0.2) is 47.1 Å². The molecule has 2 bridgehead atoms. The van der Waals surface area contributed by atoms with E-state index < -0.39 is 0 Å². The zero-order valence-corrected chi connectivity index (χ0v) is 19.4. The average molecular weight is 432 g/mol. The van der Waals surface area contributed by atoms with Gasteiger partial charge < -0.3 is 15.0 Å². The number of aromatic nitrogens is 1. The maximum Gasteiger partial charge on any atom is 0.251 e. The lowest BCUT2D eigenvalue weighted by atomic mass is 9.59. The van der Waals surface area contributed by atoms with Crippen molar-refractivity contribution in [2.75, 3.05) is 19.4 Å². The van der Waals surface area contributed by atoms with E-state index in [-0.39, 0.29) is 22.5 Å². The molecule has 1 aromatic rings. The van der Waals surface area contributed by atoms with Gasteiger partial charge in [-0.2, -0.15) is 0 Å². The SMILES string of the molecule is CN(C)[C@@H]1CCC2=CC3=CCC4(C)C(C(=O)Nc5cccnc5)=CC[C@H]4[C@@]34CC[C@]2(C1)O4. The Hall–Kier alpha value is -2.24. The maximum absolute atomic E-state index is 13.3. The standard InChI is InChI=1S/C27H33N3O2/c1-25-11-10-19-15-18-6-7-21(30(2)3)16-26(18)12-13-27(19,32-26)23(25)9-8-22(25)24(31)29-20-5-4-14-28-17-20/h4-5,8,10,14-15,17,21,23H,6-7,9,11-13,16H2,1-3H3,(H,29,31)/t21-,23-,25?,26-,27-/m1/s1. The molecule has 0 radical (unpaired) electrons. The van der Waals surface area contributed by atoms with Gasteiger partial charge in [-0.1, -0.05) is 25.2 Å². The molecule has 6 rings (SSSR count). The first-order valence-electron chi connectivity index (χ1n) is 12.1. The highest BCUT2D eigenvalue weighted by Gasteiger charge is 2.65. The zero-order chi connectivity index (χ0) is 22.1. The van der Waals surface area contributed by atoms with Crippen molar-refractivity contribution >= 4 is 11.6 Å². The molecule has 32 heavy (non-hydrogen) atoms. The van der Waals surface area contributed by atoms with Crippen molar-refractivity contribution in [3.63, 3.8) is 0 Å². The summed E-state index contributed by atoms with van der Waals surface area (Å²) in [4.78, 5) is 19.8. The fourth-order valence-corrected chi connectivity index (χ4v) is 7.39. The van der Waals surface area contributed by atoms with Gasteiger partial charge in [0.05, 0.1) is 23.1 Å². The first kappa shape index (κ1) is 20.4. The molecule has 2 fully saturated rings. The van der Waals surface area contributed by atoms with E-state index in [1.165, 1.54) is 17.6 Å². The Labute approximate surface area is 190 Å². The van der Waals surface area contributed by atoms with Crippen molar-refractivity contribution < 1.29 is 9.53 Å². The van der Waals surface area contributed by atoms with E-state index in [0.717, 1.165) is 49.8 Å². The number of pyridine rings is 1. The second kappa shape index (κ2) is 6.88. The molecule has 1 unspecified atom stereocenters. The van der Waals surface area contributed by atoms with E-state index in [1.54, 1.807) is 12.4 Å². The van der Waals surface area contributed by atoms with Gasteiger partial charge in [-0.3, -0.25) is 9.78 Å². The number of hydrogen-bond acceptors (Lipinski definition) is 4. The van der Waals surface area contributed by atoms with Gasteiger partial charge in [-0.15, -0.1) is 0 Å². The van der Waals surface area contributed by atoms with Crippen LogP contribution in [-0.2, 0) is 9.53 Å². The Morgan fingerprint density at radius 2 is 2.16 bits per heavy atom. The van der Waals surface area contributed by atoms with Crippen LogP contribution in [0.15, 0.2) is 59.5 Å². The largest absolute Gasteiger partial charge is 0.359 e. The second-order valence-corrected chi connectivity index (χ2v) is 10.9. The summed E-state index contributed by atoms with van der Waals surface area (Å²) >= 11 is 0. The Morgan fingerprint density at radius 3 is 2.94 bits per heavy atom. The molecule has 5 nitrogen and oxygen atoms in total. The van der Waals surface area contributed by atoms with Gasteiger partial charge in [-0.05, 0) is 82.3 Å². The van der Waals surface area contributed by atoms with Gasteiger partial charge in [0.2, 0.25) is 0 Å². The average Bonchev–Trinajstić information content (AvgIpc) is 3.29. The number of carbonyl (C=O) groups is 1. The lowest BCUT2D eigenvalue weighted by Gasteiger charge is -2.54. The molecule has 1 aromatic heterocycles. The summed E-state index contributed by atoms with van der Waals surface area (Å²) in [7, 11) is 4.39. The number of fused-ring (bicyclic) bond motifs is 1. The highest BCUT2D eigenvalue weighted by Crippen LogP contribution is 2.66. The predicted octanol–water partition coefficient (Wildman–Crippen LogP) is 4.64. The summed E-state index contributed by atoms with van der Waals surface area (Å²) in [5.41, 5.74) is 3.98. The fraction of sp³-hybridized carbons (Fsp3) is 0.556. The molecular weight excluding hydrogens is 398 g/mol. The van der Waals surface area contributed by atoms with Crippen LogP contribution < -0.4 is 5.32 Å². The molecule has 168 valence electrons. The Balaban J connectivity index is 1.32.